The van der Waals surface area contributed by atoms with Gasteiger partial charge < -0.3 is 24.7 Å². The Balaban J connectivity index is 0.000000629. The number of likely N-dealkylation sites (tertiary alicyclic amines) is 2. The first-order chi connectivity index (χ1) is 37.8. The van der Waals surface area contributed by atoms with Gasteiger partial charge in [-0.25, -0.2) is 21.6 Å². The van der Waals surface area contributed by atoms with Crippen LogP contribution in [0.5, 0.6) is 0 Å². The Hall–Kier alpha value is -2.32. The van der Waals surface area contributed by atoms with Crippen LogP contribution in [0.1, 0.15) is 65.9 Å². The number of nitrogens with zero attached hydrogens (tertiary/aromatic N) is 5. The van der Waals surface area contributed by atoms with Crippen LogP contribution >= 0.6 is 47.8 Å². The van der Waals surface area contributed by atoms with Crippen molar-refractivity contribution < 1.29 is 94.1 Å². The van der Waals surface area contributed by atoms with E-state index >= 15 is 0 Å². The summed E-state index contributed by atoms with van der Waals surface area (Å²) in [4.78, 5) is 28.5. The molecule has 2 fully saturated rings. The molecule has 2 heterocycles. The van der Waals surface area contributed by atoms with E-state index in [1.807, 2.05) is 81.4 Å². The number of sulfonamides is 2. The molecule has 2 aliphatic heterocycles. The van der Waals surface area contributed by atoms with Crippen molar-refractivity contribution in [3.8, 4) is 6.07 Å². The predicted octanol–water partition coefficient (Wildman–Crippen LogP) is 9.35. The molecule has 2 atom stereocenters. The molecule has 81 heavy (non-hydrogen) atoms. The fourth-order valence-electron chi connectivity index (χ4n) is 8.71. The molecule has 0 spiro atoms. The van der Waals surface area contributed by atoms with Gasteiger partial charge in [-0.05, 0) is 162 Å². The summed E-state index contributed by atoms with van der Waals surface area (Å²) in [6.45, 7) is 11.7. The van der Waals surface area contributed by atoms with Gasteiger partial charge in [0.2, 0.25) is 0 Å². The number of alkyl halides is 1. The van der Waals surface area contributed by atoms with Crippen molar-refractivity contribution in [2.24, 2.45) is 11.8 Å². The average molecular weight is 1390 g/mol. The summed E-state index contributed by atoms with van der Waals surface area (Å²) in [6, 6.07) is 54.9. The Labute approximate surface area is 593 Å². The van der Waals surface area contributed by atoms with E-state index in [1.54, 1.807) is 75.9 Å². The Morgan fingerprint density at radius 2 is 1.05 bits per heavy atom. The number of hydrogen-bond acceptors (Lipinski definition) is 11. The number of rotatable bonds is 16. The summed E-state index contributed by atoms with van der Waals surface area (Å²) in [6.07, 6.45) is 5.60. The minimum absolute atomic E-state index is 0. The normalized spacial score (nSPS) is 14.8. The number of para-hydroxylation sites is 2. The minimum atomic E-state index is -3.76. The van der Waals surface area contributed by atoms with Crippen LogP contribution < -0.4 is 65.3 Å². The van der Waals surface area contributed by atoms with Gasteiger partial charge in [-0.1, -0.05) is 145 Å². The minimum Gasteiger partial charge on any atom is -0.662 e. The van der Waals surface area contributed by atoms with Crippen LogP contribution in [-0.4, -0.2) is 147 Å². The molecule has 8 rings (SSSR count). The van der Waals surface area contributed by atoms with Crippen LogP contribution in [0, 0.1) is 23.2 Å². The second-order valence-electron chi connectivity index (χ2n) is 19.5. The molecule has 0 aromatic heterocycles. The fourth-order valence-corrected chi connectivity index (χ4v) is 12.8. The van der Waals surface area contributed by atoms with Gasteiger partial charge in [0, 0.05) is 113 Å². The number of anilines is 2. The molecule has 427 valence electrons. The molecule has 2 unspecified atom stereocenters. The molecule has 21 heteroatoms. The molecule has 1 amide bonds. The zero-order chi connectivity index (χ0) is 57.7. The van der Waals surface area contributed by atoms with Crippen molar-refractivity contribution in [3.63, 3.8) is 0 Å². The summed E-state index contributed by atoms with van der Waals surface area (Å²) < 4.78 is 64.5. The first-order valence-electron chi connectivity index (χ1n) is 25.9. The van der Waals surface area contributed by atoms with Crippen molar-refractivity contribution in [2.45, 2.75) is 81.6 Å². The second-order valence-corrected chi connectivity index (χ2v) is 25.8. The molecule has 14 nitrogen and oxygen atoms in total. The van der Waals surface area contributed by atoms with Crippen LogP contribution in [0.25, 0.3) is 0 Å². The Bertz CT molecular complexity index is 2980. The van der Waals surface area contributed by atoms with Crippen LogP contribution in [-0.2, 0) is 47.3 Å². The number of carbonyl (C=O) groups is 2. The summed E-state index contributed by atoms with van der Waals surface area (Å²) in [7, 11) is -7.41. The first kappa shape index (κ1) is 74.8. The average Bonchev–Trinajstić information content (AvgIpc) is 3.66. The molecule has 0 aliphatic carbocycles. The quantitative estimate of drug-likeness (QED) is 0.0296. The van der Waals surface area contributed by atoms with Gasteiger partial charge >= 0.3 is 57.5 Å². The number of halogens is 3. The Morgan fingerprint density at radius 1 is 0.679 bits per heavy atom. The number of ether oxygens (including phenoxy) is 1. The third kappa shape index (κ3) is 27.3. The first-order valence-corrected chi connectivity index (χ1v) is 31.5. The molecule has 2 saturated heterocycles. The molecule has 0 saturated carbocycles. The molecule has 1 radical (unpaired) electrons. The number of aryl methyl sites for hydroxylation is 1. The molecular formula is C60H73Br3K2N5O9S2. The largest absolute Gasteiger partial charge is 1.00 e. The van der Waals surface area contributed by atoms with Crippen molar-refractivity contribution in [3.05, 3.63) is 190 Å². The van der Waals surface area contributed by atoms with Crippen molar-refractivity contribution in [2.75, 3.05) is 59.8 Å². The van der Waals surface area contributed by atoms with Gasteiger partial charge in [0.05, 0.1) is 27.2 Å². The van der Waals surface area contributed by atoms with Gasteiger partial charge in [-0.3, -0.25) is 13.4 Å². The summed E-state index contributed by atoms with van der Waals surface area (Å²) in [5.74, 6) is 0.302. The van der Waals surface area contributed by atoms with E-state index in [4.69, 9.17) is 20.1 Å². The third-order valence-electron chi connectivity index (χ3n) is 12.3. The number of amides is 1. The number of hydrogen-bond donors (Lipinski definition) is 0. The van der Waals surface area contributed by atoms with Crippen LogP contribution in [0.15, 0.2) is 189 Å². The van der Waals surface area contributed by atoms with Crippen molar-refractivity contribution >= 4 is 143 Å². The SMILES string of the molecule is BrCCc1ccccc1.CC#N.CC(C)(C)OC(=O)N1CCCC(CN(c2ccccc2)S(=O)(=O)c2ccc(Br)cc2)C1.O=CO[O-].O=S(=O)(c1ccc(Br)cc1)N(CC1CCCN(CCc2ccccc2)C1)c1ccccc1.[2HH].[K+].[K]. The van der Waals surface area contributed by atoms with Gasteiger partial charge in [-0.2, -0.15) is 5.26 Å². The molecule has 0 bridgehead atoms. The van der Waals surface area contributed by atoms with Gasteiger partial charge in [0.1, 0.15) is 5.60 Å². The van der Waals surface area contributed by atoms with Crippen LogP contribution in [0.2, 0.25) is 0 Å². The van der Waals surface area contributed by atoms with Crippen LogP contribution in [0.3, 0.4) is 0 Å². The van der Waals surface area contributed by atoms with E-state index in [-0.39, 0.29) is 128 Å². The molecular weight excluding hydrogens is 1320 g/mol. The standard InChI is InChI=1S/C26H29BrN2O2S.C23H29BrN2O4S.C8H9Br.C2H3N.CH2O3.2K.H2/c27-24-13-15-26(16-14-24)32(30,31)29(25-11-5-2-6-12-25)21-23-10-7-18-28(20-23)19-17-22-8-3-1-4-9-22;1-23(2,3)30-22(27)25-15-7-8-18(16-25)17-26(20-9-5-4-6-10-20)31(28,29)21-13-11-19(24)12-14-21;9-7-6-8-4-2-1-3-5-8;1-2-3;2-1-4-3;;;/h1-6,8-9,11-16,23H,7,10,17-21H2;4-6,9-14,18H,7-8,15-17H2,1-3H3;1-5H,6-7H2;1H3;1,3H;;;1H/q;;;;;;+1;/p-1/i;;;;;;;1+1. The number of benzene rings is 6. The van der Waals surface area contributed by atoms with E-state index in [2.05, 4.69) is 106 Å². The number of piperidine rings is 2. The summed E-state index contributed by atoms with van der Waals surface area (Å²) >= 11 is 10.1. The number of carbonyl (C=O) groups excluding carboxylic acids is 2. The van der Waals surface area contributed by atoms with E-state index in [0.29, 0.717) is 42.7 Å². The van der Waals surface area contributed by atoms with E-state index < -0.39 is 25.6 Å². The van der Waals surface area contributed by atoms with Crippen molar-refractivity contribution in [1.29, 1.82) is 5.26 Å². The predicted molar refractivity (Wildman–Crippen MR) is 330 cm³/mol. The third-order valence-corrected chi connectivity index (χ3v) is 17.4. The van der Waals surface area contributed by atoms with Gasteiger partial charge in [-0.15, -0.1) is 0 Å². The van der Waals surface area contributed by atoms with Crippen LogP contribution in [0.4, 0.5) is 16.2 Å². The molecule has 6 aromatic carbocycles. The fraction of sp³-hybridized carbons (Fsp3) is 0.350. The monoisotopic (exact) mass is 1390 g/mol. The Kier molecular flexibility index (Phi) is 37.1. The smallest absolute Gasteiger partial charge is 0.662 e. The maximum absolute atomic E-state index is 13.6. The van der Waals surface area contributed by atoms with E-state index in [9.17, 15) is 21.6 Å². The molecule has 6 aromatic rings. The maximum atomic E-state index is 13.6. The zero-order valence-electron chi connectivity index (χ0n) is 47.2. The molecule has 2 aliphatic rings. The Morgan fingerprint density at radius 3 is 1.43 bits per heavy atom. The topological polar surface area (TPSA) is 181 Å². The summed E-state index contributed by atoms with van der Waals surface area (Å²) in [5, 5.41) is 16.8. The van der Waals surface area contributed by atoms with E-state index in [0.717, 1.165) is 78.1 Å². The molecule has 0 N–H and O–H groups in total. The van der Waals surface area contributed by atoms with Gasteiger partial charge in [0.25, 0.3) is 26.5 Å². The second kappa shape index (κ2) is 40.1. The maximum Gasteiger partial charge on any atom is 1.00 e. The number of nitriles is 1. The van der Waals surface area contributed by atoms with Crippen molar-refractivity contribution in [1.82, 2.24) is 9.80 Å². The summed E-state index contributed by atoms with van der Waals surface area (Å²) in [5.41, 5.74) is 3.51. The zero-order valence-corrected chi connectivity index (χ0v) is 59.8. The van der Waals surface area contributed by atoms with Gasteiger partial charge in [0.15, 0.2) is 0 Å². The van der Waals surface area contributed by atoms with E-state index in [1.165, 1.54) is 22.4 Å².